The van der Waals surface area contributed by atoms with Gasteiger partial charge in [0.15, 0.2) is 6.10 Å². The second-order valence-corrected chi connectivity index (χ2v) is 2.14. The van der Waals surface area contributed by atoms with Crippen LogP contribution >= 0.6 is 12.4 Å². The smallest absolute Gasteiger partial charge is 0.335 e. The third kappa shape index (κ3) is 4.04. The Morgan fingerprint density at radius 2 is 1.46 bits per heavy atom. The molecule has 0 aliphatic rings. The number of nitrogens with two attached hydrogens (primary N) is 1. The van der Waals surface area contributed by atoms with Gasteiger partial charge in [0.05, 0.1) is 0 Å². The van der Waals surface area contributed by atoms with E-state index in [1.807, 2.05) is 0 Å². The molecular formula is C5H10ClNO6. The molecule has 0 saturated heterocycles. The first kappa shape index (κ1) is 14.6. The molecule has 6 N–H and O–H groups in total. The molecule has 0 unspecified atom stereocenters. The Hall–Kier alpha value is -0.890. The van der Waals surface area contributed by atoms with Crippen molar-refractivity contribution in [2.75, 3.05) is 0 Å². The number of aliphatic hydroxyl groups excluding tert-OH is 2. The molecule has 0 fully saturated rings. The molecule has 0 aliphatic heterocycles. The second kappa shape index (κ2) is 5.70. The number of carboxylic acids is 2. The first-order valence-electron chi connectivity index (χ1n) is 2.95. The summed E-state index contributed by atoms with van der Waals surface area (Å²) in [5, 5.41) is 33.7. The monoisotopic (exact) mass is 215 g/mol. The van der Waals surface area contributed by atoms with Crippen LogP contribution in [0.2, 0.25) is 0 Å². The minimum Gasteiger partial charge on any atom is -0.480 e. The van der Waals surface area contributed by atoms with Crippen LogP contribution in [0, 0.1) is 0 Å². The Kier molecular flexibility index (Phi) is 6.42. The highest BCUT2D eigenvalue weighted by molar-refractivity contribution is 5.85. The van der Waals surface area contributed by atoms with Crippen molar-refractivity contribution < 1.29 is 30.0 Å². The van der Waals surface area contributed by atoms with E-state index < -0.39 is 30.2 Å². The number of hydrogen-bond donors (Lipinski definition) is 5. The average molecular weight is 216 g/mol. The zero-order valence-electron chi connectivity index (χ0n) is 6.32. The van der Waals surface area contributed by atoms with Gasteiger partial charge >= 0.3 is 11.9 Å². The average Bonchev–Trinajstić information content (AvgIpc) is 2.00. The van der Waals surface area contributed by atoms with E-state index in [2.05, 4.69) is 0 Å². The van der Waals surface area contributed by atoms with Gasteiger partial charge in [0.2, 0.25) is 0 Å². The molecule has 8 heteroatoms. The lowest BCUT2D eigenvalue weighted by atomic mass is 10.1. The van der Waals surface area contributed by atoms with E-state index in [1.54, 1.807) is 0 Å². The minimum atomic E-state index is -2.18. The van der Waals surface area contributed by atoms with Gasteiger partial charge in [-0.25, -0.2) is 4.79 Å². The molecule has 78 valence electrons. The fourth-order valence-corrected chi connectivity index (χ4v) is 0.489. The number of carbonyl (C=O) groups is 2. The van der Waals surface area contributed by atoms with E-state index in [9.17, 15) is 9.59 Å². The second-order valence-electron chi connectivity index (χ2n) is 2.14. The molecule has 0 rings (SSSR count). The number of aliphatic carboxylic acids is 2. The molecule has 0 aromatic heterocycles. The maximum absolute atomic E-state index is 10.1. The van der Waals surface area contributed by atoms with Gasteiger partial charge in [0, 0.05) is 0 Å². The quantitative estimate of drug-likeness (QED) is 0.353. The van der Waals surface area contributed by atoms with E-state index in [0.29, 0.717) is 0 Å². The lowest BCUT2D eigenvalue weighted by Crippen LogP contribution is -2.50. The van der Waals surface area contributed by atoms with Crippen molar-refractivity contribution in [3.05, 3.63) is 0 Å². The van der Waals surface area contributed by atoms with Gasteiger partial charge in [-0.15, -0.1) is 12.4 Å². The third-order valence-electron chi connectivity index (χ3n) is 1.23. The van der Waals surface area contributed by atoms with Crippen LogP contribution in [0.5, 0.6) is 0 Å². The summed E-state index contributed by atoms with van der Waals surface area (Å²) in [6, 6.07) is -1.81. The van der Waals surface area contributed by atoms with Crippen LogP contribution in [-0.4, -0.2) is 50.6 Å². The molecule has 0 spiro atoms. The zero-order chi connectivity index (χ0) is 9.89. The Bertz CT molecular complexity index is 177. The van der Waals surface area contributed by atoms with Crippen molar-refractivity contribution in [2.24, 2.45) is 5.73 Å². The van der Waals surface area contributed by atoms with Crippen LogP contribution in [-0.2, 0) is 9.59 Å². The first-order chi connectivity index (χ1) is 5.37. The lowest BCUT2D eigenvalue weighted by Gasteiger charge is -2.16. The normalized spacial score (nSPS) is 16.5. The number of halogens is 1. The molecule has 0 radical (unpaired) electrons. The van der Waals surface area contributed by atoms with Crippen LogP contribution in [0.1, 0.15) is 0 Å². The number of carboxylic acid groups (broad SMARTS) is 2. The fraction of sp³-hybridized carbons (Fsp3) is 0.600. The number of rotatable bonds is 4. The van der Waals surface area contributed by atoms with Gasteiger partial charge in [-0.2, -0.15) is 0 Å². The summed E-state index contributed by atoms with van der Waals surface area (Å²) in [7, 11) is 0. The van der Waals surface area contributed by atoms with Crippen LogP contribution < -0.4 is 5.73 Å². The van der Waals surface area contributed by atoms with Crippen molar-refractivity contribution in [1.82, 2.24) is 0 Å². The predicted molar refractivity (Wildman–Crippen MR) is 42.5 cm³/mol. The Morgan fingerprint density at radius 1 is 1.08 bits per heavy atom. The molecule has 13 heavy (non-hydrogen) atoms. The Morgan fingerprint density at radius 3 is 1.69 bits per heavy atom. The van der Waals surface area contributed by atoms with Gasteiger partial charge in [0.1, 0.15) is 12.1 Å². The molecule has 0 amide bonds. The highest BCUT2D eigenvalue weighted by atomic mass is 35.5. The summed E-state index contributed by atoms with van der Waals surface area (Å²) < 4.78 is 0. The van der Waals surface area contributed by atoms with Crippen molar-refractivity contribution in [3.63, 3.8) is 0 Å². The van der Waals surface area contributed by atoms with Gasteiger partial charge in [-0.05, 0) is 0 Å². The molecule has 0 aromatic carbocycles. The molecule has 7 nitrogen and oxygen atoms in total. The fourth-order valence-electron chi connectivity index (χ4n) is 0.489. The zero-order valence-corrected chi connectivity index (χ0v) is 7.14. The van der Waals surface area contributed by atoms with E-state index in [-0.39, 0.29) is 12.4 Å². The molecule has 0 aliphatic carbocycles. The van der Waals surface area contributed by atoms with Crippen molar-refractivity contribution in [3.8, 4) is 0 Å². The van der Waals surface area contributed by atoms with Crippen molar-refractivity contribution in [2.45, 2.75) is 18.2 Å². The van der Waals surface area contributed by atoms with E-state index >= 15 is 0 Å². The Labute approximate surface area is 79.2 Å². The molecule has 3 atom stereocenters. The van der Waals surface area contributed by atoms with Gasteiger partial charge in [0.25, 0.3) is 0 Å². The van der Waals surface area contributed by atoms with E-state index in [4.69, 9.17) is 26.2 Å². The number of hydrogen-bond acceptors (Lipinski definition) is 5. The third-order valence-corrected chi connectivity index (χ3v) is 1.23. The molecule has 0 aromatic rings. The molecule has 0 bridgehead atoms. The van der Waals surface area contributed by atoms with Crippen LogP contribution in [0.3, 0.4) is 0 Å². The summed E-state index contributed by atoms with van der Waals surface area (Å²) in [5.74, 6) is -3.30. The minimum absolute atomic E-state index is 0. The molecule has 0 heterocycles. The summed E-state index contributed by atoms with van der Waals surface area (Å²) in [5.41, 5.74) is 4.83. The predicted octanol–water partition coefficient (Wildman–Crippen LogP) is -2.37. The first-order valence-corrected chi connectivity index (χ1v) is 2.95. The van der Waals surface area contributed by atoms with Gasteiger partial charge < -0.3 is 26.2 Å². The van der Waals surface area contributed by atoms with Crippen LogP contribution in [0.4, 0.5) is 0 Å². The summed E-state index contributed by atoms with van der Waals surface area (Å²) in [6.07, 6.45) is -4.20. The van der Waals surface area contributed by atoms with E-state index in [0.717, 1.165) is 0 Å². The standard InChI is InChI=1S/C5H9NO6.ClH/c6-1(4(9)10)2(7)3(8)5(11)12;/h1-3,7-8H,6H2,(H,9,10)(H,11,12);1H/t1-,2-,3-;/m0./s1. The van der Waals surface area contributed by atoms with E-state index in [1.165, 1.54) is 0 Å². The van der Waals surface area contributed by atoms with Crippen LogP contribution in [0.15, 0.2) is 0 Å². The van der Waals surface area contributed by atoms with Crippen LogP contribution in [0.25, 0.3) is 0 Å². The summed E-state index contributed by atoms with van der Waals surface area (Å²) >= 11 is 0. The van der Waals surface area contributed by atoms with Crippen molar-refractivity contribution >= 4 is 24.3 Å². The van der Waals surface area contributed by atoms with Crippen molar-refractivity contribution in [1.29, 1.82) is 0 Å². The summed E-state index contributed by atoms with van der Waals surface area (Å²) in [4.78, 5) is 20.1. The Balaban J connectivity index is 0. The highest BCUT2D eigenvalue weighted by Gasteiger charge is 2.32. The topological polar surface area (TPSA) is 141 Å². The highest BCUT2D eigenvalue weighted by Crippen LogP contribution is 1.98. The molecule has 0 saturated carbocycles. The lowest BCUT2D eigenvalue weighted by molar-refractivity contribution is -0.156. The number of aliphatic hydroxyl groups is 2. The SMILES string of the molecule is Cl.N[C@H](C(=O)O)[C@H](O)[C@H](O)C(=O)O. The van der Waals surface area contributed by atoms with Gasteiger partial charge in [-0.1, -0.05) is 0 Å². The maximum Gasteiger partial charge on any atom is 0.335 e. The maximum atomic E-state index is 10.1. The van der Waals surface area contributed by atoms with Gasteiger partial charge in [-0.3, -0.25) is 4.79 Å². The summed E-state index contributed by atoms with van der Waals surface area (Å²) in [6.45, 7) is 0. The molecular weight excluding hydrogens is 206 g/mol. The largest absolute Gasteiger partial charge is 0.480 e.